The highest BCUT2D eigenvalue weighted by Gasteiger charge is 2.27. The van der Waals surface area contributed by atoms with Gasteiger partial charge in [-0.15, -0.1) is 28.6 Å². The topological polar surface area (TPSA) is 63.2 Å². The second kappa shape index (κ2) is 8.97. The molecule has 2 heterocycles. The lowest BCUT2D eigenvalue weighted by Crippen LogP contribution is -2.25. The lowest BCUT2D eigenvalue weighted by molar-refractivity contribution is -0.0420. The summed E-state index contributed by atoms with van der Waals surface area (Å²) < 4.78 is 0. The molecular weight excluding hydrogens is 364 g/mol. The number of aliphatic imine (C=N–C) groups is 2. The van der Waals surface area contributed by atoms with Crippen LogP contribution in [0, 0.1) is 0 Å². The summed E-state index contributed by atoms with van der Waals surface area (Å²) in [5.41, 5.74) is 11.8. The van der Waals surface area contributed by atoms with E-state index in [1.165, 1.54) is 11.1 Å². The number of thioether (sulfide) groups is 2. The first-order valence-electron chi connectivity index (χ1n) is 8.48. The van der Waals surface area contributed by atoms with Gasteiger partial charge in [-0.1, -0.05) is 11.6 Å². The van der Waals surface area contributed by atoms with Gasteiger partial charge >= 0.3 is 0 Å². The van der Waals surface area contributed by atoms with Crippen LogP contribution in [0.1, 0.15) is 34.1 Å². The van der Waals surface area contributed by atoms with Crippen LogP contribution in [0.25, 0.3) is 0 Å². The van der Waals surface area contributed by atoms with Gasteiger partial charge in [0.15, 0.2) is 6.17 Å². The average molecular weight is 393 g/mol. The lowest BCUT2D eigenvalue weighted by atomic mass is 10.0. The van der Waals surface area contributed by atoms with Gasteiger partial charge in [0, 0.05) is 24.0 Å². The molecule has 0 spiro atoms. The molecule has 0 amide bonds. The van der Waals surface area contributed by atoms with Gasteiger partial charge in [-0.25, -0.2) is 9.98 Å². The van der Waals surface area contributed by atoms with E-state index in [0.717, 1.165) is 27.6 Å². The largest absolute Gasteiger partial charge is 0.398 e. The fourth-order valence-electron chi connectivity index (χ4n) is 2.86. The normalized spacial score (nSPS) is 23.1. The van der Waals surface area contributed by atoms with E-state index in [1.807, 2.05) is 38.6 Å². The highest BCUT2D eigenvalue weighted by atomic mass is 32.2. The number of rotatable bonds is 4. The summed E-state index contributed by atoms with van der Waals surface area (Å²) >= 11 is 3.24. The van der Waals surface area contributed by atoms with Crippen LogP contribution in [-0.2, 0) is 4.84 Å². The van der Waals surface area contributed by atoms with E-state index in [-0.39, 0.29) is 6.17 Å². The molecule has 1 unspecified atom stereocenters. The van der Waals surface area contributed by atoms with Crippen LogP contribution in [-0.4, -0.2) is 41.7 Å². The van der Waals surface area contributed by atoms with Crippen molar-refractivity contribution in [1.82, 2.24) is 5.06 Å². The maximum Gasteiger partial charge on any atom is 0.249 e. The minimum absolute atomic E-state index is 0.256. The van der Waals surface area contributed by atoms with E-state index < -0.39 is 0 Å². The third-order valence-electron chi connectivity index (χ3n) is 4.41. The van der Waals surface area contributed by atoms with Gasteiger partial charge in [0.25, 0.3) is 0 Å². The van der Waals surface area contributed by atoms with Crippen LogP contribution < -0.4 is 5.73 Å². The Balaban J connectivity index is 2.39. The first-order chi connectivity index (χ1) is 12.3. The Kier molecular flexibility index (Phi) is 7.20. The van der Waals surface area contributed by atoms with Crippen molar-refractivity contribution in [2.24, 2.45) is 15.7 Å². The van der Waals surface area contributed by atoms with E-state index in [9.17, 15) is 0 Å². The molecule has 0 aromatic heterocycles. The Morgan fingerprint density at radius 2 is 1.96 bits per heavy atom. The summed E-state index contributed by atoms with van der Waals surface area (Å²) in [5.74, 6) is 0.634. The highest BCUT2D eigenvalue weighted by molar-refractivity contribution is 8.13. The van der Waals surface area contributed by atoms with Crippen molar-refractivity contribution in [3.8, 4) is 0 Å². The standard InChI is InChI=1S/C19H28N4OS2/c1-8-15(25-6)18-22-16(23(5)24-18)10-14(20)17-12(3)9-11(2)13(4)21-19(17)26-7/h8,10,16H,9,20H2,1-7H3/b14-10-,15-8-. The van der Waals surface area contributed by atoms with Gasteiger partial charge in [0.1, 0.15) is 5.04 Å². The van der Waals surface area contributed by atoms with E-state index in [1.54, 1.807) is 28.6 Å². The monoisotopic (exact) mass is 392 g/mol. The molecule has 1 atom stereocenters. The lowest BCUT2D eigenvalue weighted by Gasteiger charge is -2.16. The maximum absolute atomic E-state index is 6.51. The van der Waals surface area contributed by atoms with Crippen molar-refractivity contribution in [3.63, 3.8) is 0 Å². The molecule has 0 saturated heterocycles. The number of hydrogen-bond donors (Lipinski definition) is 1. The first kappa shape index (κ1) is 20.9. The number of likely N-dealkylation sites (N-methyl/N-ethyl adjacent to an activating group) is 1. The number of nitrogens with two attached hydrogens (primary N) is 1. The molecule has 2 rings (SSSR count). The minimum Gasteiger partial charge on any atom is -0.398 e. The predicted octanol–water partition coefficient (Wildman–Crippen LogP) is 4.47. The van der Waals surface area contributed by atoms with E-state index >= 15 is 0 Å². The zero-order valence-electron chi connectivity index (χ0n) is 16.6. The average Bonchev–Trinajstić information content (AvgIpc) is 2.89. The number of nitrogens with zero attached hydrogens (tertiary/aromatic N) is 3. The van der Waals surface area contributed by atoms with Gasteiger partial charge < -0.3 is 10.6 Å². The Morgan fingerprint density at radius 3 is 2.54 bits per heavy atom. The van der Waals surface area contributed by atoms with E-state index in [2.05, 4.69) is 25.8 Å². The SMILES string of the molecule is C/C=C(\SC)C1=NC(/C=C(\N)C2=C(C)CC(C)=C(C)N=C2SC)N(C)O1. The first-order valence-corrected chi connectivity index (χ1v) is 10.9. The summed E-state index contributed by atoms with van der Waals surface area (Å²) in [7, 11) is 1.87. The van der Waals surface area contributed by atoms with E-state index in [4.69, 9.17) is 15.6 Å². The second-order valence-electron chi connectivity index (χ2n) is 6.28. The molecule has 142 valence electrons. The zero-order valence-corrected chi connectivity index (χ0v) is 18.2. The Morgan fingerprint density at radius 1 is 1.27 bits per heavy atom. The minimum atomic E-state index is -0.256. The van der Waals surface area contributed by atoms with Crippen molar-refractivity contribution >= 4 is 34.5 Å². The fourth-order valence-corrected chi connectivity index (χ4v) is 4.08. The van der Waals surface area contributed by atoms with Gasteiger partial charge in [-0.2, -0.15) is 0 Å². The van der Waals surface area contributed by atoms with Crippen molar-refractivity contribution in [1.29, 1.82) is 0 Å². The van der Waals surface area contributed by atoms with Crippen LogP contribution >= 0.6 is 23.5 Å². The second-order valence-corrected chi connectivity index (χ2v) is 7.93. The third kappa shape index (κ3) is 4.45. The van der Waals surface area contributed by atoms with Gasteiger partial charge in [-0.3, -0.25) is 0 Å². The summed E-state index contributed by atoms with van der Waals surface area (Å²) in [6.45, 7) is 8.28. The van der Waals surface area contributed by atoms with E-state index in [0.29, 0.717) is 11.6 Å². The quantitative estimate of drug-likeness (QED) is 0.764. The molecule has 0 radical (unpaired) electrons. The molecule has 7 heteroatoms. The summed E-state index contributed by atoms with van der Waals surface area (Å²) in [6, 6.07) is 0. The highest BCUT2D eigenvalue weighted by Crippen LogP contribution is 2.30. The molecule has 2 N–H and O–H groups in total. The Hall–Kier alpha value is -1.44. The van der Waals surface area contributed by atoms with Crippen molar-refractivity contribution in [3.05, 3.63) is 45.2 Å². The molecule has 0 bridgehead atoms. The van der Waals surface area contributed by atoms with Crippen LogP contribution in [0.2, 0.25) is 0 Å². The number of hydrogen-bond acceptors (Lipinski definition) is 7. The Labute approximate surface area is 165 Å². The molecule has 0 aromatic carbocycles. The molecule has 0 aromatic rings. The van der Waals surface area contributed by atoms with Crippen LogP contribution in [0.15, 0.2) is 55.2 Å². The summed E-state index contributed by atoms with van der Waals surface area (Å²) in [5, 5.41) is 2.67. The van der Waals surface area contributed by atoms with Crippen LogP contribution in [0.3, 0.4) is 0 Å². The van der Waals surface area contributed by atoms with Gasteiger partial charge in [0.2, 0.25) is 5.90 Å². The van der Waals surface area contributed by atoms with Gasteiger partial charge in [-0.05, 0) is 58.3 Å². The molecule has 2 aliphatic heterocycles. The summed E-state index contributed by atoms with van der Waals surface area (Å²) in [6.07, 6.45) is 8.61. The molecular formula is C19H28N4OS2. The Bertz CT molecular complexity index is 760. The number of hydroxylamine groups is 2. The van der Waals surface area contributed by atoms with Crippen molar-refractivity contribution < 1.29 is 4.84 Å². The zero-order chi connectivity index (χ0) is 19.4. The molecule has 0 aliphatic carbocycles. The van der Waals surface area contributed by atoms with Crippen molar-refractivity contribution in [2.45, 2.75) is 40.3 Å². The van der Waals surface area contributed by atoms with Gasteiger partial charge in [0.05, 0.1) is 4.91 Å². The number of allylic oxidation sites excluding steroid dienone is 5. The molecule has 26 heavy (non-hydrogen) atoms. The van der Waals surface area contributed by atoms with Crippen molar-refractivity contribution in [2.75, 3.05) is 19.6 Å². The smallest absolute Gasteiger partial charge is 0.249 e. The van der Waals surface area contributed by atoms with Crippen LogP contribution in [0.4, 0.5) is 0 Å². The summed E-state index contributed by atoms with van der Waals surface area (Å²) in [4.78, 5) is 16.2. The predicted molar refractivity (Wildman–Crippen MR) is 116 cm³/mol. The molecule has 2 aliphatic rings. The maximum atomic E-state index is 6.51. The van der Waals surface area contributed by atoms with Crippen LogP contribution in [0.5, 0.6) is 0 Å². The fraction of sp³-hybridized carbons (Fsp3) is 0.474. The molecule has 5 nitrogen and oxygen atoms in total. The third-order valence-corrected chi connectivity index (χ3v) is 5.95. The molecule has 0 saturated carbocycles. The molecule has 0 fully saturated rings.